The van der Waals surface area contributed by atoms with Gasteiger partial charge in [0.25, 0.3) is 5.91 Å². The Morgan fingerprint density at radius 2 is 1.83 bits per heavy atom. The molecule has 5 nitrogen and oxygen atoms in total. The van der Waals surface area contributed by atoms with Gasteiger partial charge < -0.3 is 19.7 Å². The van der Waals surface area contributed by atoms with E-state index >= 15 is 0 Å². The lowest BCUT2D eigenvalue weighted by Gasteiger charge is -2.34. The van der Waals surface area contributed by atoms with Crippen molar-refractivity contribution in [3.63, 3.8) is 0 Å². The van der Waals surface area contributed by atoms with Crippen LogP contribution in [0, 0.1) is 0 Å². The average Bonchev–Trinajstić information content (AvgIpc) is 2.72. The number of ether oxygens (including phenoxy) is 2. The number of carbonyl (C=O) groups is 1. The molecule has 1 amide bonds. The average molecular weight is 408 g/mol. The van der Waals surface area contributed by atoms with E-state index in [1.54, 1.807) is 26.4 Å². The lowest BCUT2D eigenvalue weighted by molar-refractivity contribution is -0.138. The van der Waals surface area contributed by atoms with Crippen molar-refractivity contribution >= 4 is 11.6 Å². The Morgan fingerprint density at radius 1 is 1.10 bits per heavy atom. The van der Waals surface area contributed by atoms with Crippen molar-refractivity contribution in [1.29, 1.82) is 0 Å². The molecule has 3 rings (SSSR count). The third kappa shape index (κ3) is 4.75. The van der Waals surface area contributed by atoms with E-state index in [9.17, 15) is 18.0 Å². The molecule has 1 saturated heterocycles. The quantitative estimate of drug-likeness (QED) is 0.795. The number of hydrogen-bond donors (Lipinski definition) is 1. The third-order valence-corrected chi connectivity index (χ3v) is 4.93. The Bertz CT molecular complexity index is 870. The summed E-state index contributed by atoms with van der Waals surface area (Å²) in [5.74, 6) is 0.569. The van der Waals surface area contributed by atoms with Gasteiger partial charge in [-0.1, -0.05) is 12.1 Å². The fraction of sp³-hybridized carbons (Fsp3) is 0.381. The molecular weight excluding hydrogens is 385 g/mol. The number of methoxy groups -OCH3 is 2. The molecule has 0 radical (unpaired) electrons. The molecule has 1 aliphatic heterocycles. The van der Waals surface area contributed by atoms with Gasteiger partial charge in [-0.15, -0.1) is 0 Å². The van der Waals surface area contributed by atoms with Gasteiger partial charge in [0.1, 0.15) is 0 Å². The van der Waals surface area contributed by atoms with E-state index in [2.05, 4.69) is 5.32 Å². The molecule has 1 fully saturated rings. The Labute approximate surface area is 167 Å². The molecule has 1 N–H and O–H groups in total. The molecule has 1 unspecified atom stereocenters. The van der Waals surface area contributed by atoms with Crippen molar-refractivity contribution in [3.8, 4) is 11.5 Å². The molecule has 0 spiro atoms. The van der Waals surface area contributed by atoms with Crippen molar-refractivity contribution in [1.82, 2.24) is 4.90 Å². The molecule has 2 aromatic rings. The normalized spacial score (nSPS) is 17.0. The predicted molar refractivity (Wildman–Crippen MR) is 104 cm³/mol. The molecule has 0 aromatic heterocycles. The van der Waals surface area contributed by atoms with E-state index in [0.29, 0.717) is 31.0 Å². The van der Waals surface area contributed by atoms with Crippen LogP contribution in [-0.2, 0) is 6.18 Å². The van der Waals surface area contributed by atoms with Crippen LogP contribution < -0.4 is 14.8 Å². The molecule has 1 atom stereocenters. The zero-order chi connectivity index (χ0) is 21.0. The highest BCUT2D eigenvalue weighted by molar-refractivity contribution is 5.96. The highest BCUT2D eigenvalue weighted by Crippen LogP contribution is 2.33. The number of amides is 1. The van der Waals surface area contributed by atoms with Crippen LogP contribution in [0.2, 0.25) is 0 Å². The van der Waals surface area contributed by atoms with Gasteiger partial charge in [0.2, 0.25) is 0 Å². The smallest absolute Gasteiger partial charge is 0.417 e. The third-order valence-electron chi connectivity index (χ3n) is 4.93. The highest BCUT2D eigenvalue weighted by Gasteiger charge is 2.36. The van der Waals surface area contributed by atoms with E-state index in [0.717, 1.165) is 18.2 Å². The van der Waals surface area contributed by atoms with Gasteiger partial charge in [0.15, 0.2) is 11.5 Å². The molecule has 0 bridgehead atoms. The number of rotatable bonds is 5. The number of benzene rings is 2. The van der Waals surface area contributed by atoms with Gasteiger partial charge in [-0.05, 0) is 37.1 Å². The van der Waals surface area contributed by atoms with Crippen molar-refractivity contribution in [2.24, 2.45) is 0 Å². The molecular formula is C21H23F3N2O3. The summed E-state index contributed by atoms with van der Waals surface area (Å²) in [6, 6.07) is 10.2. The Morgan fingerprint density at radius 3 is 2.52 bits per heavy atom. The summed E-state index contributed by atoms with van der Waals surface area (Å²) >= 11 is 0. The second kappa shape index (κ2) is 8.63. The summed E-state index contributed by atoms with van der Waals surface area (Å²) in [4.78, 5) is 14.3. The first-order valence-electron chi connectivity index (χ1n) is 9.27. The van der Waals surface area contributed by atoms with Crippen LogP contribution in [0.1, 0.15) is 28.8 Å². The summed E-state index contributed by atoms with van der Waals surface area (Å²) in [6.45, 7) is 0.745. The minimum atomic E-state index is -4.57. The van der Waals surface area contributed by atoms with E-state index in [4.69, 9.17) is 9.47 Å². The van der Waals surface area contributed by atoms with Gasteiger partial charge in [0, 0.05) is 30.9 Å². The zero-order valence-corrected chi connectivity index (χ0v) is 16.3. The lowest BCUT2D eigenvalue weighted by atomic mass is 10.0. The highest BCUT2D eigenvalue weighted by atomic mass is 19.4. The first-order valence-corrected chi connectivity index (χ1v) is 9.27. The maximum absolute atomic E-state index is 13.3. The van der Waals surface area contributed by atoms with Crippen molar-refractivity contribution < 1.29 is 27.4 Å². The molecule has 1 heterocycles. The number of hydrogen-bond acceptors (Lipinski definition) is 4. The van der Waals surface area contributed by atoms with Crippen LogP contribution >= 0.6 is 0 Å². The second-order valence-corrected chi connectivity index (χ2v) is 6.85. The number of carbonyl (C=O) groups excluding carboxylic acids is 1. The molecule has 1 aliphatic rings. The topological polar surface area (TPSA) is 50.8 Å². The molecule has 156 valence electrons. The fourth-order valence-corrected chi connectivity index (χ4v) is 3.53. The Hall–Kier alpha value is -2.90. The van der Waals surface area contributed by atoms with Crippen molar-refractivity contribution in [3.05, 3.63) is 53.6 Å². The van der Waals surface area contributed by atoms with Gasteiger partial charge >= 0.3 is 6.18 Å². The summed E-state index contributed by atoms with van der Waals surface area (Å²) < 4.78 is 50.3. The van der Waals surface area contributed by atoms with Crippen LogP contribution in [0.5, 0.6) is 11.5 Å². The van der Waals surface area contributed by atoms with E-state index in [-0.39, 0.29) is 11.6 Å². The van der Waals surface area contributed by atoms with Crippen LogP contribution in [0.15, 0.2) is 42.5 Å². The summed E-state index contributed by atoms with van der Waals surface area (Å²) in [5.41, 5.74) is -0.426. The van der Waals surface area contributed by atoms with Gasteiger partial charge in [0.05, 0.1) is 25.3 Å². The summed E-state index contributed by atoms with van der Waals surface area (Å²) in [5, 5.41) is 3.34. The molecule has 29 heavy (non-hydrogen) atoms. The first-order chi connectivity index (χ1) is 13.8. The number of anilines is 1. The van der Waals surface area contributed by atoms with Gasteiger partial charge in [-0.2, -0.15) is 13.2 Å². The summed E-state index contributed by atoms with van der Waals surface area (Å²) in [6.07, 6.45) is -3.07. The standard InChI is InChI=1S/C21H23F3N2O3/c1-28-18-10-9-14(12-19(18)29-2)25-15-6-5-11-26(13-15)20(27)16-7-3-4-8-17(16)21(22,23)24/h3-4,7-10,12,15,25H,5-6,11,13H2,1-2H3. The van der Waals surface area contributed by atoms with Crippen molar-refractivity contribution in [2.75, 3.05) is 32.6 Å². The largest absolute Gasteiger partial charge is 0.493 e. The van der Waals surface area contributed by atoms with Crippen LogP contribution in [0.4, 0.5) is 18.9 Å². The SMILES string of the molecule is COc1ccc(NC2CCCN(C(=O)c3ccccc3C(F)(F)F)C2)cc1OC. The maximum Gasteiger partial charge on any atom is 0.417 e. The maximum atomic E-state index is 13.3. The minimum absolute atomic E-state index is 0.0798. The monoisotopic (exact) mass is 408 g/mol. The number of nitrogens with one attached hydrogen (secondary N) is 1. The predicted octanol–water partition coefficient (Wildman–Crippen LogP) is 4.44. The Kier molecular flexibility index (Phi) is 6.20. The minimum Gasteiger partial charge on any atom is -0.493 e. The number of piperidine rings is 1. The molecule has 0 saturated carbocycles. The second-order valence-electron chi connectivity index (χ2n) is 6.85. The number of halogens is 3. The van der Waals surface area contributed by atoms with E-state index in [1.807, 2.05) is 6.07 Å². The number of nitrogens with zero attached hydrogens (tertiary/aromatic N) is 1. The first kappa shape index (κ1) is 20.8. The molecule has 0 aliphatic carbocycles. The van der Waals surface area contributed by atoms with Crippen molar-refractivity contribution in [2.45, 2.75) is 25.1 Å². The van der Waals surface area contributed by atoms with E-state index in [1.165, 1.54) is 23.1 Å². The fourth-order valence-electron chi connectivity index (χ4n) is 3.53. The van der Waals surface area contributed by atoms with Crippen LogP contribution in [-0.4, -0.2) is 44.2 Å². The summed E-state index contributed by atoms with van der Waals surface area (Å²) in [7, 11) is 3.09. The number of alkyl halides is 3. The number of likely N-dealkylation sites (tertiary alicyclic amines) is 1. The molecule has 8 heteroatoms. The Balaban J connectivity index is 1.74. The van der Waals surface area contributed by atoms with Gasteiger partial charge in [-0.25, -0.2) is 0 Å². The van der Waals surface area contributed by atoms with E-state index < -0.39 is 17.6 Å². The lowest BCUT2D eigenvalue weighted by Crippen LogP contribution is -2.45. The molecule has 2 aromatic carbocycles. The zero-order valence-electron chi connectivity index (χ0n) is 16.3. The van der Waals surface area contributed by atoms with Crippen LogP contribution in [0.3, 0.4) is 0 Å². The van der Waals surface area contributed by atoms with Crippen LogP contribution in [0.25, 0.3) is 0 Å². The van der Waals surface area contributed by atoms with Gasteiger partial charge in [-0.3, -0.25) is 4.79 Å².